The number of aromatic nitrogens is 2. The van der Waals surface area contributed by atoms with Gasteiger partial charge in [0.25, 0.3) is 0 Å². The molecule has 2 heterocycles. The van der Waals surface area contributed by atoms with Gasteiger partial charge >= 0.3 is 0 Å². The second-order valence-electron chi connectivity index (χ2n) is 6.81. The molecule has 1 unspecified atom stereocenters. The summed E-state index contributed by atoms with van der Waals surface area (Å²) in [5.74, 6) is 1.08. The lowest BCUT2D eigenvalue weighted by atomic mass is 9.98. The summed E-state index contributed by atoms with van der Waals surface area (Å²) in [4.78, 5) is 12.4. The van der Waals surface area contributed by atoms with Crippen LogP contribution in [0.3, 0.4) is 0 Å². The van der Waals surface area contributed by atoms with Gasteiger partial charge in [-0.3, -0.25) is 4.79 Å². The number of hydrogen-bond donors (Lipinski definition) is 1. The van der Waals surface area contributed by atoms with Gasteiger partial charge in [0.2, 0.25) is 5.91 Å². The summed E-state index contributed by atoms with van der Waals surface area (Å²) in [6.07, 6.45) is 0. The summed E-state index contributed by atoms with van der Waals surface area (Å²) in [7, 11) is 0. The van der Waals surface area contributed by atoms with Crippen molar-refractivity contribution in [1.82, 2.24) is 9.78 Å². The van der Waals surface area contributed by atoms with E-state index in [9.17, 15) is 4.79 Å². The molecule has 0 bridgehead atoms. The fourth-order valence-electron chi connectivity index (χ4n) is 3.55. The first-order chi connectivity index (χ1) is 13.0. The van der Waals surface area contributed by atoms with Crippen LogP contribution >= 0.6 is 23.4 Å². The number of thioether (sulfide) groups is 1. The van der Waals surface area contributed by atoms with Gasteiger partial charge in [-0.05, 0) is 44.0 Å². The normalized spacial score (nSPS) is 16.6. The van der Waals surface area contributed by atoms with Crippen molar-refractivity contribution in [2.24, 2.45) is 0 Å². The minimum atomic E-state index is -0.0262. The number of carbonyl (C=O) groups excluding carboxylic acids is 1. The van der Waals surface area contributed by atoms with Crippen molar-refractivity contribution in [2.45, 2.75) is 26.0 Å². The van der Waals surface area contributed by atoms with Gasteiger partial charge in [0, 0.05) is 5.56 Å². The molecular weight excluding hydrogens is 378 g/mol. The fourth-order valence-corrected chi connectivity index (χ4v) is 5.05. The molecule has 0 radical (unpaired) electrons. The first-order valence-electron chi connectivity index (χ1n) is 8.78. The Morgan fingerprint density at radius 1 is 1.19 bits per heavy atom. The quantitative estimate of drug-likeness (QED) is 0.644. The second kappa shape index (κ2) is 7.06. The number of anilines is 1. The molecule has 0 aliphatic carbocycles. The molecule has 2 aromatic carbocycles. The van der Waals surface area contributed by atoms with E-state index in [-0.39, 0.29) is 11.2 Å². The molecule has 0 saturated heterocycles. The first-order valence-corrected chi connectivity index (χ1v) is 10.2. The van der Waals surface area contributed by atoms with Crippen LogP contribution in [0, 0.1) is 20.8 Å². The number of nitrogens with zero attached hydrogens (tertiary/aromatic N) is 2. The molecular formula is C21H20ClN3OS. The number of benzene rings is 2. The van der Waals surface area contributed by atoms with Gasteiger partial charge in [0.1, 0.15) is 5.82 Å². The van der Waals surface area contributed by atoms with Crippen molar-refractivity contribution < 1.29 is 4.79 Å². The van der Waals surface area contributed by atoms with Gasteiger partial charge in [0.15, 0.2) is 0 Å². The third-order valence-corrected chi connectivity index (χ3v) is 6.37. The van der Waals surface area contributed by atoms with E-state index in [1.165, 1.54) is 16.7 Å². The smallest absolute Gasteiger partial charge is 0.235 e. The van der Waals surface area contributed by atoms with Crippen LogP contribution in [-0.4, -0.2) is 21.4 Å². The molecule has 4 nitrogen and oxygen atoms in total. The van der Waals surface area contributed by atoms with Crippen LogP contribution in [0.25, 0.3) is 5.69 Å². The highest BCUT2D eigenvalue weighted by atomic mass is 35.5. The highest BCUT2D eigenvalue weighted by molar-refractivity contribution is 8.00. The molecule has 1 aromatic heterocycles. The Morgan fingerprint density at radius 2 is 1.96 bits per heavy atom. The molecule has 0 fully saturated rings. The predicted molar refractivity (Wildman–Crippen MR) is 112 cm³/mol. The number of halogens is 1. The number of aryl methyl sites for hydroxylation is 3. The number of nitrogens with one attached hydrogen (secondary N) is 1. The van der Waals surface area contributed by atoms with E-state index in [4.69, 9.17) is 16.7 Å². The van der Waals surface area contributed by atoms with E-state index in [0.29, 0.717) is 16.6 Å². The number of para-hydroxylation sites is 1. The lowest BCUT2D eigenvalue weighted by Crippen LogP contribution is -2.16. The Labute approximate surface area is 167 Å². The Bertz CT molecular complexity index is 1040. The highest BCUT2D eigenvalue weighted by Gasteiger charge is 2.31. The van der Waals surface area contributed by atoms with Crippen molar-refractivity contribution in [3.05, 3.63) is 75.4 Å². The van der Waals surface area contributed by atoms with Crippen LogP contribution in [0.5, 0.6) is 0 Å². The van der Waals surface area contributed by atoms with Gasteiger partial charge < -0.3 is 5.32 Å². The van der Waals surface area contributed by atoms with Crippen LogP contribution < -0.4 is 5.32 Å². The first kappa shape index (κ1) is 18.1. The topological polar surface area (TPSA) is 46.9 Å². The maximum Gasteiger partial charge on any atom is 0.235 e. The van der Waals surface area contributed by atoms with Crippen molar-refractivity contribution >= 4 is 35.1 Å². The Hall–Kier alpha value is -2.24. The third kappa shape index (κ3) is 3.26. The second-order valence-corrected chi connectivity index (χ2v) is 8.31. The van der Waals surface area contributed by atoms with Gasteiger partial charge in [-0.1, -0.05) is 47.5 Å². The molecule has 4 rings (SSSR count). The Kier molecular flexibility index (Phi) is 4.74. The van der Waals surface area contributed by atoms with E-state index >= 15 is 0 Å². The lowest BCUT2D eigenvalue weighted by molar-refractivity contribution is -0.113. The maximum absolute atomic E-state index is 12.4. The van der Waals surface area contributed by atoms with Crippen molar-refractivity contribution in [2.75, 3.05) is 11.1 Å². The summed E-state index contributed by atoms with van der Waals surface area (Å²) in [5.41, 5.74) is 6.35. The van der Waals surface area contributed by atoms with E-state index in [1.807, 2.05) is 31.2 Å². The molecule has 3 aromatic rings. The number of rotatable bonds is 2. The van der Waals surface area contributed by atoms with Crippen molar-refractivity contribution in [3.8, 4) is 5.69 Å². The zero-order valence-corrected chi connectivity index (χ0v) is 17.0. The molecule has 6 heteroatoms. The average molecular weight is 398 g/mol. The van der Waals surface area contributed by atoms with Gasteiger partial charge in [-0.15, -0.1) is 11.8 Å². The zero-order chi connectivity index (χ0) is 19.1. The van der Waals surface area contributed by atoms with E-state index in [2.05, 4.69) is 37.4 Å². The summed E-state index contributed by atoms with van der Waals surface area (Å²) >= 11 is 8.04. The SMILES string of the molecule is Cc1ccc(C2SCC(=O)Nc3c2c(C)nn3-c2ccccc2Cl)c(C)c1. The van der Waals surface area contributed by atoms with Crippen LogP contribution in [0.1, 0.15) is 33.2 Å². The lowest BCUT2D eigenvalue weighted by Gasteiger charge is -2.18. The molecule has 1 amide bonds. The minimum Gasteiger partial charge on any atom is -0.310 e. The van der Waals surface area contributed by atoms with Gasteiger partial charge in [-0.25, -0.2) is 4.68 Å². The molecule has 138 valence electrons. The van der Waals surface area contributed by atoms with Crippen LogP contribution in [0.4, 0.5) is 5.82 Å². The predicted octanol–water partition coefficient (Wildman–Crippen LogP) is 5.23. The summed E-state index contributed by atoms with van der Waals surface area (Å²) in [5, 5.41) is 8.41. The van der Waals surface area contributed by atoms with Gasteiger partial charge in [-0.2, -0.15) is 5.10 Å². The molecule has 1 atom stereocenters. The van der Waals surface area contributed by atoms with E-state index in [0.717, 1.165) is 16.9 Å². The van der Waals surface area contributed by atoms with Gasteiger partial charge in [0.05, 0.1) is 27.4 Å². The number of fused-ring (bicyclic) bond motifs is 1. The molecule has 1 aliphatic rings. The van der Waals surface area contributed by atoms with E-state index < -0.39 is 0 Å². The standard InChI is InChI=1S/C21H20ClN3OS/c1-12-8-9-15(13(2)10-12)20-19-14(3)24-25(17-7-5-4-6-16(17)22)21(19)23-18(26)11-27-20/h4-10,20H,11H2,1-3H3,(H,23,26). The molecule has 1 aliphatic heterocycles. The monoisotopic (exact) mass is 397 g/mol. The van der Waals surface area contributed by atoms with Crippen molar-refractivity contribution in [1.29, 1.82) is 0 Å². The van der Waals surface area contributed by atoms with Crippen LogP contribution in [0.2, 0.25) is 5.02 Å². The Morgan fingerprint density at radius 3 is 2.70 bits per heavy atom. The Balaban J connectivity index is 1.93. The summed E-state index contributed by atoms with van der Waals surface area (Å²) in [6, 6.07) is 14.0. The average Bonchev–Trinajstić information content (AvgIpc) is 2.82. The fraction of sp³-hybridized carbons (Fsp3) is 0.238. The van der Waals surface area contributed by atoms with E-state index in [1.54, 1.807) is 16.4 Å². The van der Waals surface area contributed by atoms with Crippen molar-refractivity contribution in [3.63, 3.8) is 0 Å². The summed E-state index contributed by atoms with van der Waals surface area (Å²) < 4.78 is 1.76. The molecule has 0 saturated carbocycles. The van der Waals surface area contributed by atoms with Crippen LogP contribution in [0.15, 0.2) is 42.5 Å². The molecule has 27 heavy (non-hydrogen) atoms. The third-order valence-electron chi connectivity index (χ3n) is 4.80. The largest absolute Gasteiger partial charge is 0.310 e. The maximum atomic E-state index is 12.4. The number of carbonyl (C=O) groups is 1. The van der Waals surface area contributed by atoms with Crippen LogP contribution in [-0.2, 0) is 4.79 Å². The number of amides is 1. The zero-order valence-electron chi connectivity index (χ0n) is 15.4. The molecule has 1 N–H and O–H groups in total. The molecule has 0 spiro atoms. The summed E-state index contributed by atoms with van der Waals surface area (Å²) in [6.45, 7) is 6.20. The number of hydrogen-bond acceptors (Lipinski definition) is 3. The highest BCUT2D eigenvalue weighted by Crippen LogP contribution is 2.45. The minimum absolute atomic E-state index is 0.0262.